The van der Waals surface area contributed by atoms with Crippen LogP contribution in [0.2, 0.25) is 0 Å². The molecule has 0 radical (unpaired) electrons. The van der Waals surface area contributed by atoms with Gasteiger partial charge in [-0.05, 0) is 53.5 Å². The van der Waals surface area contributed by atoms with Gasteiger partial charge in [0.2, 0.25) is 0 Å². The second-order valence-corrected chi connectivity index (χ2v) is 6.43. The van der Waals surface area contributed by atoms with E-state index in [2.05, 4.69) is 43.5 Å². The van der Waals surface area contributed by atoms with E-state index in [1.165, 1.54) is 6.07 Å². The van der Waals surface area contributed by atoms with Crippen molar-refractivity contribution in [1.29, 1.82) is 0 Å². The molecule has 0 unspecified atom stereocenters. The first-order valence-corrected chi connectivity index (χ1v) is 8.92. The van der Waals surface area contributed by atoms with E-state index in [9.17, 15) is 4.39 Å². The van der Waals surface area contributed by atoms with Crippen LogP contribution in [0.25, 0.3) is 0 Å². The lowest BCUT2D eigenvalue weighted by Crippen LogP contribution is -2.41. The number of aliphatic imine (C=N–C) groups is 1. The predicted molar refractivity (Wildman–Crippen MR) is 101 cm³/mol. The van der Waals surface area contributed by atoms with Gasteiger partial charge in [-0.3, -0.25) is 4.99 Å². The van der Waals surface area contributed by atoms with Crippen LogP contribution >= 0.6 is 15.9 Å². The lowest BCUT2D eigenvalue weighted by atomic mass is 10.1. The second-order valence-electron chi connectivity index (χ2n) is 5.57. The van der Waals surface area contributed by atoms with Crippen LogP contribution in [-0.4, -0.2) is 64.9 Å². The number of halogens is 2. The number of hydrogen-bond donors (Lipinski definition) is 2. The third-order valence-electron chi connectivity index (χ3n) is 3.59. The first-order valence-electron chi connectivity index (χ1n) is 8.12. The number of rotatable bonds is 10. The smallest absolute Gasteiger partial charge is 0.191 e. The maximum Gasteiger partial charge on any atom is 0.191 e. The Morgan fingerprint density at radius 2 is 2.04 bits per heavy atom. The number of guanidine groups is 1. The van der Waals surface area contributed by atoms with E-state index in [0.717, 1.165) is 57.2 Å². The highest BCUT2D eigenvalue weighted by molar-refractivity contribution is 9.10. The van der Waals surface area contributed by atoms with E-state index in [1.807, 2.05) is 6.07 Å². The molecule has 0 spiro atoms. The lowest BCUT2D eigenvalue weighted by molar-refractivity contribution is 0.180. The van der Waals surface area contributed by atoms with Crippen LogP contribution in [0.1, 0.15) is 12.0 Å². The summed E-state index contributed by atoms with van der Waals surface area (Å²) >= 11 is 3.21. The Balaban J connectivity index is 2.21. The Bertz CT molecular complexity index is 513. The van der Waals surface area contributed by atoms with Gasteiger partial charge in [-0.25, -0.2) is 4.39 Å². The molecular weight excluding hydrogens is 375 g/mol. The van der Waals surface area contributed by atoms with E-state index in [4.69, 9.17) is 4.74 Å². The number of ether oxygens (including phenoxy) is 1. The van der Waals surface area contributed by atoms with Gasteiger partial charge < -0.3 is 20.3 Å². The summed E-state index contributed by atoms with van der Waals surface area (Å²) in [5, 5.41) is 6.56. The first-order chi connectivity index (χ1) is 11.6. The molecular formula is C17H28BrFN4O. The van der Waals surface area contributed by atoms with Gasteiger partial charge in [0.05, 0.1) is 4.47 Å². The molecule has 0 heterocycles. The minimum atomic E-state index is -0.237. The third kappa shape index (κ3) is 8.61. The average molecular weight is 403 g/mol. The van der Waals surface area contributed by atoms with E-state index in [-0.39, 0.29) is 5.82 Å². The fourth-order valence-electron chi connectivity index (χ4n) is 2.20. The van der Waals surface area contributed by atoms with Crippen molar-refractivity contribution in [2.45, 2.75) is 12.8 Å². The zero-order valence-electron chi connectivity index (χ0n) is 14.7. The maximum atomic E-state index is 13.2. The predicted octanol–water partition coefficient (Wildman–Crippen LogP) is 2.26. The molecule has 0 aliphatic rings. The zero-order valence-corrected chi connectivity index (χ0v) is 16.3. The molecule has 1 rings (SSSR count). The topological polar surface area (TPSA) is 48.9 Å². The van der Waals surface area contributed by atoms with Crippen LogP contribution < -0.4 is 10.6 Å². The molecule has 0 fully saturated rings. The van der Waals surface area contributed by atoms with Gasteiger partial charge in [0, 0.05) is 46.9 Å². The molecule has 7 heteroatoms. The van der Waals surface area contributed by atoms with Crippen LogP contribution in [0.15, 0.2) is 27.7 Å². The normalized spacial score (nSPS) is 11.8. The van der Waals surface area contributed by atoms with Crippen molar-refractivity contribution in [3.05, 3.63) is 34.1 Å². The Labute approximate surface area is 152 Å². The molecule has 0 saturated heterocycles. The van der Waals surface area contributed by atoms with E-state index < -0.39 is 0 Å². The fraction of sp³-hybridized carbons (Fsp3) is 0.588. The summed E-state index contributed by atoms with van der Waals surface area (Å²) < 4.78 is 18.8. The molecule has 0 atom stereocenters. The molecule has 0 bridgehead atoms. The minimum Gasteiger partial charge on any atom is -0.385 e. The first kappa shape index (κ1) is 20.9. The largest absolute Gasteiger partial charge is 0.385 e. The molecule has 0 aromatic heterocycles. The van der Waals surface area contributed by atoms with Crippen molar-refractivity contribution < 1.29 is 9.13 Å². The van der Waals surface area contributed by atoms with Gasteiger partial charge in [-0.2, -0.15) is 0 Å². The third-order valence-corrected chi connectivity index (χ3v) is 4.20. The summed E-state index contributed by atoms with van der Waals surface area (Å²) in [6.07, 6.45) is 1.84. The zero-order chi connectivity index (χ0) is 17.8. The molecule has 0 amide bonds. The van der Waals surface area contributed by atoms with Crippen LogP contribution in [0.3, 0.4) is 0 Å². The van der Waals surface area contributed by atoms with E-state index >= 15 is 0 Å². The number of nitrogens with one attached hydrogen (secondary N) is 2. The highest BCUT2D eigenvalue weighted by atomic mass is 79.9. The molecule has 2 N–H and O–H groups in total. The highest BCUT2D eigenvalue weighted by Crippen LogP contribution is 2.16. The SMILES string of the molecule is CN=C(NCCc1ccc(F)c(Br)c1)NCCN(C)CCCOC. The molecule has 136 valence electrons. The van der Waals surface area contributed by atoms with E-state index in [0.29, 0.717) is 4.47 Å². The number of benzene rings is 1. The average Bonchev–Trinajstić information content (AvgIpc) is 2.57. The summed E-state index contributed by atoms with van der Waals surface area (Å²) in [5.41, 5.74) is 1.07. The van der Waals surface area contributed by atoms with Crippen molar-refractivity contribution in [3.63, 3.8) is 0 Å². The molecule has 0 saturated carbocycles. The van der Waals surface area contributed by atoms with Crippen molar-refractivity contribution in [1.82, 2.24) is 15.5 Å². The van der Waals surface area contributed by atoms with Gasteiger partial charge in [0.1, 0.15) is 5.82 Å². The van der Waals surface area contributed by atoms with Crippen LogP contribution in [0.4, 0.5) is 4.39 Å². The van der Waals surface area contributed by atoms with Crippen LogP contribution in [0.5, 0.6) is 0 Å². The Morgan fingerprint density at radius 3 is 2.71 bits per heavy atom. The Morgan fingerprint density at radius 1 is 1.29 bits per heavy atom. The van der Waals surface area contributed by atoms with Crippen molar-refractivity contribution in [3.8, 4) is 0 Å². The summed E-state index contributed by atoms with van der Waals surface area (Å²) in [6.45, 7) is 4.31. The van der Waals surface area contributed by atoms with Gasteiger partial charge in [0.15, 0.2) is 5.96 Å². The summed E-state index contributed by atoms with van der Waals surface area (Å²) in [6, 6.07) is 5.08. The molecule has 1 aromatic rings. The standard InChI is InChI=1S/C17H28BrFN4O/c1-20-17(22-9-11-23(2)10-4-12-24-3)21-8-7-14-5-6-16(19)15(18)13-14/h5-6,13H,4,7-12H2,1-3H3,(H2,20,21,22). The molecule has 0 aliphatic heterocycles. The van der Waals surface area contributed by atoms with Crippen molar-refractivity contribution >= 4 is 21.9 Å². The van der Waals surface area contributed by atoms with Gasteiger partial charge >= 0.3 is 0 Å². The molecule has 24 heavy (non-hydrogen) atoms. The van der Waals surface area contributed by atoms with Gasteiger partial charge in [-0.1, -0.05) is 6.07 Å². The van der Waals surface area contributed by atoms with Crippen molar-refractivity contribution in [2.75, 3.05) is 54.0 Å². The highest BCUT2D eigenvalue weighted by Gasteiger charge is 2.03. The Hall–Kier alpha value is -1.18. The van der Waals surface area contributed by atoms with Gasteiger partial charge in [0.25, 0.3) is 0 Å². The number of likely N-dealkylation sites (N-methyl/N-ethyl adjacent to an activating group) is 1. The second kappa shape index (κ2) is 12.2. The quantitative estimate of drug-likeness (QED) is 0.358. The van der Waals surface area contributed by atoms with Crippen LogP contribution in [-0.2, 0) is 11.2 Å². The fourth-order valence-corrected chi connectivity index (χ4v) is 2.62. The number of nitrogens with zero attached hydrogens (tertiary/aromatic N) is 2. The number of hydrogen-bond acceptors (Lipinski definition) is 3. The monoisotopic (exact) mass is 402 g/mol. The summed E-state index contributed by atoms with van der Waals surface area (Å²) in [4.78, 5) is 6.47. The number of methoxy groups -OCH3 is 1. The Kier molecular flexibility index (Phi) is 10.6. The molecule has 5 nitrogen and oxygen atoms in total. The molecule has 1 aromatic carbocycles. The maximum absolute atomic E-state index is 13.2. The summed E-state index contributed by atoms with van der Waals surface area (Å²) in [5.74, 6) is 0.542. The lowest BCUT2D eigenvalue weighted by Gasteiger charge is -2.18. The van der Waals surface area contributed by atoms with E-state index in [1.54, 1.807) is 20.2 Å². The summed E-state index contributed by atoms with van der Waals surface area (Å²) in [7, 11) is 5.58. The van der Waals surface area contributed by atoms with Crippen LogP contribution in [0, 0.1) is 5.82 Å². The van der Waals surface area contributed by atoms with Gasteiger partial charge in [-0.15, -0.1) is 0 Å². The van der Waals surface area contributed by atoms with Crippen molar-refractivity contribution in [2.24, 2.45) is 4.99 Å². The minimum absolute atomic E-state index is 0.237. The molecule has 0 aliphatic carbocycles.